The standard InChI is InChI=1S/C11H21NO.Ti/c12-11(13)10-8-6-4-2-1-3-5-7-9-10;/h10H,1-9H2,(H2,12,13);/p-1. The van der Waals surface area contributed by atoms with Gasteiger partial charge in [0.1, 0.15) is 0 Å². The Kier molecular flexibility index (Phi) is 8.60. The molecule has 0 aromatic heterocycles. The molecule has 1 N–H and O–H groups in total. The van der Waals surface area contributed by atoms with E-state index in [2.05, 4.69) is 0 Å². The van der Waals surface area contributed by atoms with Crippen LogP contribution in [-0.4, -0.2) is 5.91 Å². The first kappa shape index (κ1) is 14.2. The molecule has 1 aliphatic carbocycles. The third-order valence-electron chi connectivity index (χ3n) is 2.98. The molecule has 3 heteroatoms. The molecule has 1 amide bonds. The van der Waals surface area contributed by atoms with Gasteiger partial charge in [0.05, 0.1) is 5.91 Å². The summed E-state index contributed by atoms with van der Waals surface area (Å²) in [4.78, 5) is 10.9. The molecule has 80 valence electrons. The second-order valence-corrected chi connectivity index (χ2v) is 4.11. The first-order valence-electron chi connectivity index (χ1n) is 5.56. The molecule has 0 atom stereocenters. The number of amides is 1. The second-order valence-electron chi connectivity index (χ2n) is 4.11. The van der Waals surface area contributed by atoms with Gasteiger partial charge in [0.15, 0.2) is 0 Å². The molecular formula is C11H20NOTi-. The predicted molar refractivity (Wildman–Crippen MR) is 54.4 cm³/mol. The smallest absolute Gasteiger partial charge is 0.0519 e. The van der Waals surface area contributed by atoms with Crippen molar-refractivity contribution in [3.63, 3.8) is 0 Å². The number of carbonyl (C=O) groups is 1. The molecule has 2 nitrogen and oxygen atoms in total. The fraction of sp³-hybridized carbons (Fsp3) is 0.909. The van der Waals surface area contributed by atoms with Crippen LogP contribution in [0.15, 0.2) is 0 Å². The Labute approximate surface area is 102 Å². The van der Waals surface area contributed by atoms with Crippen LogP contribution < -0.4 is 0 Å². The van der Waals surface area contributed by atoms with Gasteiger partial charge in [0, 0.05) is 27.6 Å². The zero-order valence-corrected chi connectivity index (χ0v) is 10.4. The van der Waals surface area contributed by atoms with Gasteiger partial charge in [0.2, 0.25) is 0 Å². The predicted octanol–water partition coefficient (Wildman–Crippen LogP) is 3.70. The van der Waals surface area contributed by atoms with Crippen LogP contribution in [0.1, 0.15) is 57.8 Å². The van der Waals surface area contributed by atoms with E-state index in [4.69, 9.17) is 5.73 Å². The van der Waals surface area contributed by atoms with E-state index >= 15 is 0 Å². The van der Waals surface area contributed by atoms with Gasteiger partial charge < -0.3 is 10.5 Å². The Hall–Kier alpha value is 0.184. The van der Waals surface area contributed by atoms with E-state index in [0.717, 1.165) is 25.7 Å². The van der Waals surface area contributed by atoms with Crippen LogP contribution in [0, 0.1) is 5.92 Å². The van der Waals surface area contributed by atoms with E-state index in [0.29, 0.717) is 0 Å². The van der Waals surface area contributed by atoms with Gasteiger partial charge >= 0.3 is 0 Å². The van der Waals surface area contributed by atoms with Crippen LogP contribution in [0.3, 0.4) is 0 Å². The van der Waals surface area contributed by atoms with Crippen molar-refractivity contribution >= 4 is 5.91 Å². The third-order valence-corrected chi connectivity index (χ3v) is 2.98. The van der Waals surface area contributed by atoms with Gasteiger partial charge in [-0.25, -0.2) is 0 Å². The molecule has 0 aromatic rings. The average Bonchev–Trinajstić information content (AvgIpc) is 2.14. The Bertz CT molecular complexity index is 151. The van der Waals surface area contributed by atoms with Crippen LogP contribution in [0.5, 0.6) is 0 Å². The Morgan fingerprint density at radius 2 is 1.21 bits per heavy atom. The monoisotopic (exact) mass is 230 g/mol. The zero-order valence-electron chi connectivity index (χ0n) is 8.85. The normalized spacial score (nSPS) is 20.9. The minimum Gasteiger partial charge on any atom is -0.668 e. The van der Waals surface area contributed by atoms with E-state index in [1.165, 1.54) is 32.1 Å². The molecule has 0 heterocycles. The van der Waals surface area contributed by atoms with Gasteiger partial charge in [-0.1, -0.05) is 44.9 Å². The van der Waals surface area contributed by atoms with Crippen LogP contribution in [0.25, 0.3) is 5.73 Å². The van der Waals surface area contributed by atoms with Crippen LogP contribution in [-0.2, 0) is 26.5 Å². The number of nitrogens with one attached hydrogen (secondary N) is 1. The SMILES string of the molecule is [NH-]C(=O)C1CCCCCCCCC1.[Ti]. The van der Waals surface area contributed by atoms with Gasteiger partial charge in [-0.3, -0.25) is 0 Å². The summed E-state index contributed by atoms with van der Waals surface area (Å²) in [6, 6.07) is 0. The van der Waals surface area contributed by atoms with Gasteiger partial charge in [-0.05, 0) is 12.8 Å². The summed E-state index contributed by atoms with van der Waals surface area (Å²) in [7, 11) is 0. The van der Waals surface area contributed by atoms with E-state index in [-0.39, 0.29) is 33.5 Å². The van der Waals surface area contributed by atoms with Gasteiger partial charge in [-0.2, -0.15) is 0 Å². The second kappa shape index (κ2) is 8.49. The molecule has 1 fully saturated rings. The number of carbonyl (C=O) groups excluding carboxylic acids is 1. The summed E-state index contributed by atoms with van der Waals surface area (Å²) in [5.74, 6) is -0.279. The van der Waals surface area contributed by atoms with Crippen molar-refractivity contribution in [2.24, 2.45) is 5.92 Å². The quantitative estimate of drug-likeness (QED) is 0.633. The molecule has 0 aromatic carbocycles. The average molecular weight is 230 g/mol. The summed E-state index contributed by atoms with van der Waals surface area (Å²) < 4.78 is 0. The Morgan fingerprint density at radius 1 is 0.857 bits per heavy atom. The molecule has 0 saturated heterocycles. The summed E-state index contributed by atoms with van der Waals surface area (Å²) in [5, 5.41) is 0. The minimum atomic E-state index is -0.333. The van der Waals surface area contributed by atoms with E-state index in [9.17, 15) is 4.79 Å². The van der Waals surface area contributed by atoms with Crippen molar-refractivity contribution in [3.05, 3.63) is 5.73 Å². The maximum Gasteiger partial charge on any atom is 0.0519 e. The van der Waals surface area contributed by atoms with E-state index < -0.39 is 0 Å². The summed E-state index contributed by atoms with van der Waals surface area (Å²) >= 11 is 0. The van der Waals surface area contributed by atoms with Crippen LogP contribution in [0.4, 0.5) is 0 Å². The van der Waals surface area contributed by atoms with Crippen molar-refractivity contribution < 1.29 is 26.5 Å². The Morgan fingerprint density at radius 3 is 1.57 bits per heavy atom. The van der Waals surface area contributed by atoms with E-state index in [1.807, 2.05) is 0 Å². The minimum absolute atomic E-state index is 0. The maximum atomic E-state index is 10.9. The molecule has 0 radical (unpaired) electrons. The summed E-state index contributed by atoms with van der Waals surface area (Å²) in [5.41, 5.74) is 7.13. The summed E-state index contributed by atoms with van der Waals surface area (Å²) in [6.07, 6.45) is 10.7. The van der Waals surface area contributed by atoms with Crippen molar-refractivity contribution in [1.29, 1.82) is 0 Å². The van der Waals surface area contributed by atoms with Crippen molar-refractivity contribution in [3.8, 4) is 0 Å². The largest absolute Gasteiger partial charge is 0.668 e. The van der Waals surface area contributed by atoms with Crippen molar-refractivity contribution in [2.45, 2.75) is 57.8 Å². The number of hydrogen-bond donors (Lipinski definition) is 0. The molecule has 0 spiro atoms. The molecule has 14 heavy (non-hydrogen) atoms. The molecular weight excluding hydrogens is 210 g/mol. The van der Waals surface area contributed by atoms with Gasteiger partial charge in [0.25, 0.3) is 0 Å². The topological polar surface area (TPSA) is 40.9 Å². The first-order chi connectivity index (χ1) is 6.30. The summed E-state index contributed by atoms with van der Waals surface area (Å²) in [6.45, 7) is 0. The van der Waals surface area contributed by atoms with Gasteiger partial charge in [-0.15, -0.1) is 0 Å². The molecule has 1 saturated carbocycles. The molecule has 1 rings (SSSR count). The van der Waals surface area contributed by atoms with Crippen LogP contribution >= 0.6 is 0 Å². The van der Waals surface area contributed by atoms with E-state index in [1.54, 1.807) is 0 Å². The molecule has 0 unspecified atom stereocenters. The van der Waals surface area contributed by atoms with Crippen molar-refractivity contribution in [1.82, 2.24) is 0 Å². The van der Waals surface area contributed by atoms with Crippen LogP contribution in [0.2, 0.25) is 0 Å². The molecule has 0 aliphatic heterocycles. The third kappa shape index (κ3) is 5.82. The number of rotatable bonds is 1. The maximum absolute atomic E-state index is 10.9. The Balaban J connectivity index is 0.00000169. The van der Waals surface area contributed by atoms with Crippen molar-refractivity contribution in [2.75, 3.05) is 0 Å². The number of hydrogen-bond acceptors (Lipinski definition) is 1. The first-order valence-corrected chi connectivity index (χ1v) is 5.56. The zero-order chi connectivity index (χ0) is 9.52. The molecule has 0 bridgehead atoms. The molecule has 1 aliphatic rings. The fourth-order valence-corrected chi connectivity index (χ4v) is 2.07. The fourth-order valence-electron chi connectivity index (χ4n) is 2.07.